The SMILES string of the molecule is COc1ccc(CNc2ccccc2OC)cc1C. The maximum atomic E-state index is 5.31. The molecule has 0 atom stereocenters. The Balaban J connectivity index is 2.08. The largest absolute Gasteiger partial charge is 0.496 e. The van der Waals surface area contributed by atoms with E-state index in [9.17, 15) is 0 Å². The maximum Gasteiger partial charge on any atom is 0.141 e. The predicted molar refractivity (Wildman–Crippen MR) is 78.1 cm³/mol. The van der Waals surface area contributed by atoms with Crippen molar-refractivity contribution in [3.63, 3.8) is 0 Å². The average Bonchev–Trinajstić information content (AvgIpc) is 2.45. The van der Waals surface area contributed by atoms with Gasteiger partial charge < -0.3 is 14.8 Å². The fraction of sp³-hybridized carbons (Fsp3) is 0.250. The minimum Gasteiger partial charge on any atom is -0.496 e. The molecule has 0 amide bonds. The van der Waals surface area contributed by atoms with Gasteiger partial charge in [-0.3, -0.25) is 0 Å². The van der Waals surface area contributed by atoms with E-state index in [1.54, 1.807) is 14.2 Å². The molecule has 0 aromatic heterocycles. The zero-order valence-electron chi connectivity index (χ0n) is 11.6. The standard InChI is InChI=1S/C16H19NO2/c1-12-10-13(8-9-15(12)18-2)11-17-14-6-4-5-7-16(14)19-3/h4-10,17H,11H2,1-3H3. The quantitative estimate of drug-likeness (QED) is 0.887. The fourth-order valence-corrected chi connectivity index (χ4v) is 2.04. The van der Waals surface area contributed by atoms with Gasteiger partial charge in [-0.2, -0.15) is 0 Å². The number of nitrogens with one attached hydrogen (secondary N) is 1. The Kier molecular flexibility index (Phi) is 4.29. The first kappa shape index (κ1) is 13.3. The molecular weight excluding hydrogens is 238 g/mol. The van der Waals surface area contributed by atoms with Gasteiger partial charge in [0.1, 0.15) is 11.5 Å². The van der Waals surface area contributed by atoms with Gasteiger partial charge in [-0.1, -0.05) is 24.3 Å². The molecule has 3 heteroatoms. The van der Waals surface area contributed by atoms with E-state index in [-0.39, 0.29) is 0 Å². The lowest BCUT2D eigenvalue weighted by molar-refractivity contribution is 0.411. The van der Waals surface area contributed by atoms with Crippen molar-refractivity contribution in [1.82, 2.24) is 0 Å². The summed E-state index contributed by atoms with van der Waals surface area (Å²) >= 11 is 0. The third-order valence-electron chi connectivity index (χ3n) is 3.05. The first-order valence-corrected chi connectivity index (χ1v) is 6.25. The summed E-state index contributed by atoms with van der Waals surface area (Å²) in [6.45, 7) is 2.80. The zero-order valence-corrected chi connectivity index (χ0v) is 11.6. The summed E-state index contributed by atoms with van der Waals surface area (Å²) in [5.41, 5.74) is 3.35. The number of methoxy groups -OCH3 is 2. The number of hydrogen-bond donors (Lipinski definition) is 1. The van der Waals surface area contributed by atoms with Crippen molar-refractivity contribution in [2.45, 2.75) is 13.5 Å². The molecule has 0 bridgehead atoms. The summed E-state index contributed by atoms with van der Waals surface area (Å²) in [7, 11) is 3.37. The smallest absolute Gasteiger partial charge is 0.141 e. The lowest BCUT2D eigenvalue weighted by Gasteiger charge is -2.12. The molecule has 0 aliphatic heterocycles. The normalized spacial score (nSPS) is 10.1. The molecule has 1 N–H and O–H groups in total. The Hall–Kier alpha value is -2.16. The van der Waals surface area contributed by atoms with Crippen LogP contribution >= 0.6 is 0 Å². The molecular formula is C16H19NO2. The number of aryl methyl sites for hydroxylation is 1. The van der Waals surface area contributed by atoms with Crippen LogP contribution in [0.3, 0.4) is 0 Å². The molecule has 100 valence electrons. The monoisotopic (exact) mass is 257 g/mol. The van der Waals surface area contributed by atoms with Crippen molar-refractivity contribution in [1.29, 1.82) is 0 Å². The van der Waals surface area contributed by atoms with E-state index in [0.717, 1.165) is 29.3 Å². The lowest BCUT2D eigenvalue weighted by Crippen LogP contribution is -2.01. The second kappa shape index (κ2) is 6.14. The van der Waals surface area contributed by atoms with E-state index in [4.69, 9.17) is 9.47 Å². The Morgan fingerprint density at radius 1 is 0.947 bits per heavy atom. The van der Waals surface area contributed by atoms with Crippen LogP contribution < -0.4 is 14.8 Å². The molecule has 19 heavy (non-hydrogen) atoms. The van der Waals surface area contributed by atoms with Gasteiger partial charge in [0, 0.05) is 6.54 Å². The molecule has 2 aromatic carbocycles. The van der Waals surface area contributed by atoms with Crippen LogP contribution in [0.1, 0.15) is 11.1 Å². The van der Waals surface area contributed by atoms with Gasteiger partial charge in [-0.25, -0.2) is 0 Å². The number of para-hydroxylation sites is 2. The van der Waals surface area contributed by atoms with Crippen LogP contribution in [0.15, 0.2) is 42.5 Å². The van der Waals surface area contributed by atoms with Gasteiger partial charge >= 0.3 is 0 Å². The summed E-state index contributed by atoms with van der Waals surface area (Å²) < 4.78 is 10.6. The van der Waals surface area contributed by atoms with Crippen LogP contribution in [-0.2, 0) is 6.54 Å². The van der Waals surface area contributed by atoms with E-state index >= 15 is 0 Å². The molecule has 2 aromatic rings. The van der Waals surface area contributed by atoms with Crippen molar-refractivity contribution >= 4 is 5.69 Å². The minimum atomic E-state index is 0.755. The first-order chi connectivity index (χ1) is 9.24. The van der Waals surface area contributed by atoms with Gasteiger partial charge in [0.25, 0.3) is 0 Å². The minimum absolute atomic E-state index is 0.755. The molecule has 0 spiro atoms. The average molecular weight is 257 g/mol. The van der Waals surface area contributed by atoms with Crippen LogP contribution in [0, 0.1) is 6.92 Å². The molecule has 0 radical (unpaired) electrons. The van der Waals surface area contributed by atoms with Gasteiger partial charge in [0.15, 0.2) is 0 Å². The van der Waals surface area contributed by atoms with E-state index in [0.29, 0.717) is 0 Å². The number of hydrogen-bond acceptors (Lipinski definition) is 3. The lowest BCUT2D eigenvalue weighted by atomic mass is 10.1. The zero-order chi connectivity index (χ0) is 13.7. The number of rotatable bonds is 5. The van der Waals surface area contributed by atoms with Crippen LogP contribution in [0.5, 0.6) is 11.5 Å². The second-order valence-electron chi connectivity index (χ2n) is 4.36. The van der Waals surface area contributed by atoms with Crippen LogP contribution in [-0.4, -0.2) is 14.2 Å². The topological polar surface area (TPSA) is 30.5 Å². The van der Waals surface area contributed by atoms with Gasteiger partial charge in [0.05, 0.1) is 19.9 Å². The Labute approximate surface area is 114 Å². The van der Waals surface area contributed by atoms with Gasteiger partial charge in [-0.15, -0.1) is 0 Å². The molecule has 0 saturated carbocycles. The Morgan fingerprint density at radius 2 is 1.68 bits per heavy atom. The summed E-state index contributed by atoms with van der Waals surface area (Å²) in [6.07, 6.45) is 0. The highest BCUT2D eigenvalue weighted by Gasteiger charge is 2.03. The van der Waals surface area contributed by atoms with Gasteiger partial charge in [-0.05, 0) is 36.2 Å². The summed E-state index contributed by atoms with van der Waals surface area (Å²) in [4.78, 5) is 0. The van der Waals surface area contributed by atoms with E-state index < -0.39 is 0 Å². The highest BCUT2D eigenvalue weighted by atomic mass is 16.5. The van der Waals surface area contributed by atoms with Crippen molar-refractivity contribution in [3.05, 3.63) is 53.6 Å². The van der Waals surface area contributed by atoms with E-state index in [1.165, 1.54) is 5.56 Å². The van der Waals surface area contributed by atoms with Gasteiger partial charge in [0.2, 0.25) is 0 Å². The fourth-order valence-electron chi connectivity index (χ4n) is 2.04. The van der Waals surface area contributed by atoms with E-state index in [1.807, 2.05) is 37.3 Å². The van der Waals surface area contributed by atoms with Crippen LogP contribution in [0.4, 0.5) is 5.69 Å². The highest BCUT2D eigenvalue weighted by molar-refractivity contribution is 5.56. The number of anilines is 1. The highest BCUT2D eigenvalue weighted by Crippen LogP contribution is 2.24. The Bertz CT molecular complexity index is 552. The Morgan fingerprint density at radius 3 is 2.37 bits per heavy atom. The van der Waals surface area contributed by atoms with Crippen molar-refractivity contribution in [2.75, 3.05) is 19.5 Å². The number of ether oxygens (including phenoxy) is 2. The van der Waals surface area contributed by atoms with Crippen LogP contribution in [0.2, 0.25) is 0 Å². The third-order valence-corrected chi connectivity index (χ3v) is 3.05. The summed E-state index contributed by atoms with van der Waals surface area (Å²) in [5, 5.41) is 3.38. The predicted octanol–water partition coefficient (Wildman–Crippen LogP) is 3.62. The third kappa shape index (κ3) is 3.19. The van der Waals surface area contributed by atoms with Crippen molar-refractivity contribution < 1.29 is 9.47 Å². The molecule has 2 rings (SSSR count). The molecule has 0 aliphatic rings. The molecule has 0 saturated heterocycles. The molecule has 0 heterocycles. The second-order valence-corrected chi connectivity index (χ2v) is 4.36. The molecule has 0 aliphatic carbocycles. The van der Waals surface area contributed by atoms with Crippen LogP contribution in [0.25, 0.3) is 0 Å². The molecule has 3 nitrogen and oxygen atoms in total. The molecule has 0 unspecified atom stereocenters. The summed E-state index contributed by atoms with van der Waals surface area (Å²) in [6, 6.07) is 14.1. The maximum absolute atomic E-state index is 5.31. The van der Waals surface area contributed by atoms with E-state index in [2.05, 4.69) is 17.4 Å². The first-order valence-electron chi connectivity index (χ1n) is 6.25. The molecule has 0 fully saturated rings. The van der Waals surface area contributed by atoms with Crippen molar-refractivity contribution in [3.8, 4) is 11.5 Å². The van der Waals surface area contributed by atoms with Crippen molar-refractivity contribution in [2.24, 2.45) is 0 Å². The number of benzene rings is 2. The summed E-state index contributed by atoms with van der Waals surface area (Å²) in [5.74, 6) is 1.77.